The summed E-state index contributed by atoms with van der Waals surface area (Å²) in [6.07, 6.45) is 3.40. The summed E-state index contributed by atoms with van der Waals surface area (Å²) in [5.74, 6) is 0. The van der Waals surface area contributed by atoms with E-state index in [9.17, 15) is 0 Å². The summed E-state index contributed by atoms with van der Waals surface area (Å²) in [6.45, 7) is 6.17. The Balaban J connectivity index is 2.75. The van der Waals surface area contributed by atoms with Crippen LogP contribution in [0.1, 0.15) is 25.6 Å². The van der Waals surface area contributed by atoms with E-state index in [1.807, 2.05) is 17.8 Å². The maximum atomic E-state index is 4.28. The van der Waals surface area contributed by atoms with Crippen molar-refractivity contribution in [3.63, 3.8) is 0 Å². The molecule has 2 aromatic rings. The minimum atomic E-state index is 0.388. The van der Waals surface area contributed by atoms with Gasteiger partial charge in [0.25, 0.3) is 0 Å². The highest BCUT2D eigenvalue weighted by Crippen LogP contribution is 2.15. The van der Waals surface area contributed by atoms with Crippen LogP contribution in [0, 0.1) is 6.92 Å². The number of aryl methyl sites for hydroxylation is 1. The smallest absolute Gasteiger partial charge is 0.163 e. The van der Waals surface area contributed by atoms with E-state index in [0.29, 0.717) is 6.04 Å². The number of fused-ring (bicyclic) bond motifs is 1. The molecule has 0 atom stereocenters. The Kier molecular flexibility index (Phi) is 1.76. The van der Waals surface area contributed by atoms with Gasteiger partial charge >= 0.3 is 0 Å². The van der Waals surface area contributed by atoms with Crippen molar-refractivity contribution in [2.24, 2.45) is 0 Å². The van der Waals surface area contributed by atoms with Gasteiger partial charge in [0.2, 0.25) is 0 Å². The van der Waals surface area contributed by atoms with Crippen molar-refractivity contribution in [2.45, 2.75) is 26.8 Å². The van der Waals surface area contributed by atoms with Crippen LogP contribution in [0.5, 0.6) is 0 Å². The Labute approximate surface area is 76.7 Å². The Morgan fingerprint density at radius 3 is 2.69 bits per heavy atom. The van der Waals surface area contributed by atoms with Crippen LogP contribution in [0.25, 0.3) is 11.2 Å². The van der Waals surface area contributed by atoms with E-state index < -0.39 is 0 Å². The van der Waals surface area contributed by atoms with Crippen molar-refractivity contribution in [2.75, 3.05) is 0 Å². The largest absolute Gasteiger partial charge is 0.313 e. The maximum absolute atomic E-state index is 4.28. The molecule has 68 valence electrons. The Hall–Kier alpha value is -1.45. The maximum Gasteiger partial charge on any atom is 0.163 e. The van der Waals surface area contributed by atoms with Crippen molar-refractivity contribution in [1.29, 1.82) is 0 Å². The van der Waals surface area contributed by atoms with E-state index in [2.05, 4.69) is 28.8 Å². The number of hydrogen-bond donors (Lipinski definition) is 0. The molecular weight excluding hydrogens is 164 g/mol. The number of imidazole rings is 1. The van der Waals surface area contributed by atoms with Crippen LogP contribution in [0.15, 0.2) is 12.7 Å². The number of hydrogen-bond acceptors (Lipinski definition) is 3. The lowest BCUT2D eigenvalue weighted by Gasteiger charge is -2.06. The third kappa shape index (κ3) is 1.18. The van der Waals surface area contributed by atoms with Crippen molar-refractivity contribution < 1.29 is 0 Å². The van der Waals surface area contributed by atoms with Gasteiger partial charge < -0.3 is 4.57 Å². The molecule has 0 aliphatic rings. The Morgan fingerprint density at radius 1 is 1.23 bits per heavy atom. The first-order valence-electron chi connectivity index (χ1n) is 4.34. The van der Waals surface area contributed by atoms with E-state index in [1.54, 1.807) is 6.33 Å². The number of rotatable bonds is 1. The number of nitrogens with zero attached hydrogens (tertiary/aromatic N) is 4. The summed E-state index contributed by atoms with van der Waals surface area (Å²) in [6, 6.07) is 0.388. The van der Waals surface area contributed by atoms with Gasteiger partial charge in [0, 0.05) is 6.04 Å². The molecule has 0 radical (unpaired) electrons. The minimum absolute atomic E-state index is 0.388. The van der Waals surface area contributed by atoms with Crippen LogP contribution in [-0.4, -0.2) is 19.5 Å². The molecule has 0 saturated carbocycles. The average Bonchev–Trinajstić information content (AvgIpc) is 2.48. The molecule has 0 aromatic carbocycles. The first-order chi connectivity index (χ1) is 6.20. The highest BCUT2D eigenvalue weighted by atomic mass is 15.1. The second-order valence-corrected chi connectivity index (χ2v) is 3.38. The van der Waals surface area contributed by atoms with Gasteiger partial charge in [0.15, 0.2) is 5.65 Å². The van der Waals surface area contributed by atoms with Crippen molar-refractivity contribution in [1.82, 2.24) is 19.5 Å². The summed E-state index contributed by atoms with van der Waals surface area (Å²) in [5, 5.41) is 0. The van der Waals surface area contributed by atoms with Gasteiger partial charge in [-0.3, -0.25) is 0 Å². The van der Waals surface area contributed by atoms with Crippen LogP contribution in [0.4, 0.5) is 0 Å². The topological polar surface area (TPSA) is 43.6 Å². The summed E-state index contributed by atoms with van der Waals surface area (Å²) < 4.78 is 2.05. The third-order valence-electron chi connectivity index (χ3n) is 2.10. The fourth-order valence-corrected chi connectivity index (χ4v) is 1.35. The molecule has 4 heteroatoms. The zero-order valence-corrected chi connectivity index (χ0v) is 8.02. The van der Waals surface area contributed by atoms with Gasteiger partial charge in [-0.15, -0.1) is 0 Å². The van der Waals surface area contributed by atoms with E-state index >= 15 is 0 Å². The Bertz CT molecular complexity index is 430. The molecule has 0 aliphatic heterocycles. The van der Waals surface area contributed by atoms with Gasteiger partial charge in [0.1, 0.15) is 11.8 Å². The van der Waals surface area contributed by atoms with Gasteiger partial charge in [-0.2, -0.15) is 0 Å². The highest BCUT2D eigenvalue weighted by molar-refractivity contribution is 5.72. The summed E-state index contributed by atoms with van der Waals surface area (Å²) >= 11 is 0. The fourth-order valence-electron chi connectivity index (χ4n) is 1.35. The lowest BCUT2D eigenvalue weighted by atomic mass is 10.3. The van der Waals surface area contributed by atoms with Crippen LogP contribution in [-0.2, 0) is 0 Å². The average molecular weight is 176 g/mol. The summed E-state index contributed by atoms with van der Waals surface area (Å²) in [4.78, 5) is 12.6. The molecule has 0 amide bonds. The molecule has 0 N–H and O–H groups in total. The number of aromatic nitrogens is 4. The van der Waals surface area contributed by atoms with Crippen LogP contribution < -0.4 is 0 Å². The van der Waals surface area contributed by atoms with Crippen LogP contribution in [0.3, 0.4) is 0 Å². The second-order valence-electron chi connectivity index (χ2n) is 3.38. The molecule has 0 saturated heterocycles. The van der Waals surface area contributed by atoms with Gasteiger partial charge in [-0.1, -0.05) is 0 Å². The highest BCUT2D eigenvalue weighted by Gasteiger charge is 2.08. The predicted molar refractivity (Wildman–Crippen MR) is 50.4 cm³/mol. The zero-order chi connectivity index (χ0) is 9.42. The lowest BCUT2D eigenvalue weighted by molar-refractivity contribution is 0.612. The second kappa shape index (κ2) is 2.80. The SMILES string of the molecule is Cc1ncnc2c1ncn2C(C)C. The van der Waals surface area contributed by atoms with Gasteiger partial charge in [0.05, 0.1) is 12.0 Å². The van der Waals surface area contributed by atoms with E-state index in [4.69, 9.17) is 0 Å². The first-order valence-corrected chi connectivity index (χ1v) is 4.34. The first kappa shape index (κ1) is 8.16. The molecular formula is C9H12N4. The van der Waals surface area contributed by atoms with Crippen molar-refractivity contribution >= 4 is 11.2 Å². The van der Waals surface area contributed by atoms with Crippen LogP contribution >= 0.6 is 0 Å². The summed E-state index contributed by atoms with van der Waals surface area (Å²) in [5.41, 5.74) is 2.75. The van der Waals surface area contributed by atoms with E-state index in [0.717, 1.165) is 16.9 Å². The molecule has 4 nitrogen and oxygen atoms in total. The molecule has 13 heavy (non-hydrogen) atoms. The molecule has 0 fully saturated rings. The van der Waals surface area contributed by atoms with Gasteiger partial charge in [-0.05, 0) is 20.8 Å². The normalized spacial score (nSPS) is 11.4. The fraction of sp³-hybridized carbons (Fsp3) is 0.444. The quantitative estimate of drug-likeness (QED) is 0.664. The molecule has 2 rings (SSSR count). The van der Waals surface area contributed by atoms with Crippen molar-refractivity contribution in [3.8, 4) is 0 Å². The standard InChI is InChI=1S/C9H12N4/c1-6(2)13-5-12-8-7(3)10-4-11-9(8)13/h4-6H,1-3H3. The monoisotopic (exact) mass is 176 g/mol. The molecule has 2 aromatic heterocycles. The molecule has 0 bridgehead atoms. The van der Waals surface area contributed by atoms with Gasteiger partial charge in [-0.25, -0.2) is 15.0 Å². The van der Waals surface area contributed by atoms with Crippen LogP contribution in [0.2, 0.25) is 0 Å². The van der Waals surface area contributed by atoms with E-state index in [1.165, 1.54) is 0 Å². The molecule has 0 aliphatic carbocycles. The molecule has 0 unspecified atom stereocenters. The lowest BCUT2D eigenvalue weighted by Crippen LogP contribution is -2.00. The minimum Gasteiger partial charge on any atom is -0.313 e. The summed E-state index contributed by atoms with van der Waals surface area (Å²) in [7, 11) is 0. The third-order valence-corrected chi connectivity index (χ3v) is 2.10. The zero-order valence-electron chi connectivity index (χ0n) is 8.02. The molecule has 2 heterocycles. The van der Waals surface area contributed by atoms with E-state index in [-0.39, 0.29) is 0 Å². The predicted octanol–water partition coefficient (Wildman–Crippen LogP) is 1.72. The Morgan fingerprint density at radius 2 is 2.00 bits per heavy atom. The van der Waals surface area contributed by atoms with Crippen molar-refractivity contribution in [3.05, 3.63) is 18.3 Å². The molecule has 0 spiro atoms.